The van der Waals surface area contributed by atoms with Gasteiger partial charge in [0.15, 0.2) is 0 Å². The number of hydrogen-bond donors (Lipinski definition) is 1. The van der Waals surface area contributed by atoms with E-state index in [2.05, 4.69) is 15.9 Å². The average molecular weight is 297 g/mol. The maximum atomic E-state index is 12.3. The minimum absolute atomic E-state index is 0.125. The molecule has 4 heteroatoms. The van der Waals surface area contributed by atoms with Crippen LogP contribution < -0.4 is 5.73 Å². The lowest BCUT2D eigenvalue weighted by atomic mass is 10.1. The lowest BCUT2D eigenvalue weighted by Crippen LogP contribution is -2.30. The third kappa shape index (κ3) is 2.69. The number of nitrogens with two attached hydrogens (primary N) is 1. The zero-order valence-electron chi connectivity index (χ0n) is 9.95. The molecule has 1 heterocycles. The van der Waals surface area contributed by atoms with Gasteiger partial charge in [-0.05, 0) is 43.5 Å². The van der Waals surface area contributed by atoms with Crippen molar-refractivity contribution in [1.82, 2.24) is 4.90 Å². The highest BCUT2D eigenvalue weighted by Crippen LogP contribution is 2.21. The number of hydrogen-bond acceptors (Lipinski definition) is 2. The van der Waals surface area contributed by atoms with Crippen molar-refractivity contribution in [1.29, 1.82) is 0 Å². The molecule has 1 unspecified atom stereocenters. The SMILES string of the molecule is Cc1ccc(Br)cc1C(=O)N1CCC(CN)C1. The van der Waals surface area contributed by atoms with Crippen molar-refractivity contribution in [2.45, 2.75) is 13.3 Å². The van der Waals surface area contributed by atoms with Gasteiger partial charge in [-0.25, -0.2) is 0 Å². The van der Waals surface area contributed by atoms with E-state index in [0.717, 1.165) is 35.1 Å². The molecule has 1 amide bonds. The Balaban J connectivity index is 2.17. The van der Waals surface area contributed by atoms with Gasteiger partial charge in [-0.1, -0.05) is 22.0 Å². The van der Waals surface area contributed by atoms with E-state index >= 15 is 0 Å². The number of aryl methyl sites for hydroxylation is 1. The molecule has 3 nitrogen and oxygen atoms in total. The number of carbonyl (C=O) groups excluding carboxylic acids is 1. The fraction of sp³-hybridized carbons (Fsp3) is 0.462. The number of halogens is 1. The molecule has 2 N–H and O–H groups in total. The predicted octanol–water partition coefficient (Wildman–Crippen LogP) is 2.18. The Morgan fingerprint density at radius 2 is 2.35 bits per heavy atom. The third-order valence-electron chi connectivity index (χ3n) is 3.34. The second-order valence-corrected chi connectivity index (χ2v) is 5.52. The summed E-state index contributed by atoms with van der Waals surface area (Å²) in [6, 6.07) is 5.82. The molecule has 92 valence electrons. The van der Waals surface area contributed by atoms with Crippen LogP contribution in [0.25, 0.3) is 0 Å². The van der Waals surface area contributed by atoms with E-state index in [0.29, 0.717) is 12.5 Å². The summed E-state index contributed by atoms with van der Waals surface area (Å²) < 4.78 is 0.945. The lowest BCUT2D eigenvalue weighted by molar-refractivity contribution is 0.0787. The van der Waals surface area contributed by atoms with E-state index in [9.17, 15) is 4.79 Å². The molecule has 0 saturated carbocycles. The minimum Gasteiger partial charge on any atom is -0.338 e. The fourth-order valence-corrected chi connectivity index (χ4v) is 2.57. The first-order valence-electron chi connectivity index (χ1n) is 5.87. The predicted molar refractivity (Wildman–Crippen MR) is 71.9 cm³/mol. The Morgan fingerprint density at radius 3 is 3.00 bits per heavy atom. The van der Waals surface area contributed by atoms with Gasteiger partial charge >= 0.3 is 0 Å². The van der Waals surface area contributed by atoms with Crippen molar-refractivity contribution in [3.63, 3.8) is 0 Å². The quantitative estimate of drug-likeness (QED) is 0.909. The molecule has 1 fully saturated rings. The van der Waals surface area contributed by atoms with Gasteiger partial charge in [-0.3, -0.25) is 4.79 Å². The summed E-state index contributed by atoms with van der Waals surface area (Å²) in [5, 5.41) is 0. The number of amides is 1. The van der Waals surface area contributed by atoms with Crippen LogP contribution in [0, 0.1) is 12.8 Å². The van der Waals surface area contributed by atoms with Crippen molar-refractivity contribution in [3.8, 4) is 0 Å². The van der Waals surface area contributed by atoms with Gasteiger partial charge in [0.1, 0.15) is 0 Å². The largest absolute Gasteiger partial charge is 0.338 e. The second kappa shape index (κ2) is 5.19. The standard InChI is InChI=1S/C13H17BrN2O/c1-9-2-3-11(14)6-12(9)13(17)16-5-4-10(7-15)8-16/h2-3,6,10H,4-5,7-8,15H2,1H3. The van der Waals surface area contributed by atoms with Crippen molar-refractivity contribution in [2.75, 3.05) is 19.6 Å². The highest BCUT2D eigenvalue weighted by Gasteiger charge is 2.26. The molecule has 0 radical (unpaired) electrons. The molecule has 1 aromatic carbocycles. The highest BCUT2D eigenvalue weighted by molar-refractivity contribution is 9.10. The number of carbonyl (C=O) groups is 1. The number of likely N-dealkylation sites (tertiary alicyclic amines) is 1. The number of rotatable bonds is 2. The van der Waals surface area contributed by atoms with Gasteiger partial charge in [-0.2, -0.15) is 0 Å². The van der Waals surface area contributed by atoms with E-state index in [1.807, 2.05) is 30.0 Å². The van der Waals surface area contributed by atoms with Crippen molar-refractivity contribution >= 4 is 21.8 Å². The lowest BCUT2D eigenvalue weighted by Gasteiger charge is -2.17. The minimum atomic E-state index is 0.125. The average Bonchev–Trinajstić information content (AvgIpc) is 2.80. The summed E-state index contributed by atoms with van der Waals surface area (Å²) in [5.41, 5.74) is 7.45. The van der Waals surface area contributed by atoms with Gasteiger partial charge in [0.25, 0.3) is 5.91 Å². The van der Waals surface area contributed by atoms with E-state index in [4.69, 9.17) is 5.73 Å². The molecule has 1 aromatic rings. The fourth-order valence-electron chi connectivity index (χ4n) is 2.20. The monoisotopic (exact) mass is 296 g/mol. The molecular formula is C13H17BrN2O. The van der Waals surface area contributed by atoms with E-state index in [-0.39, 0.29) is 5.91 Å². The molecule has 17 heavy (non-hydrogen) atoms. The van der Waals surface area contributed by atoms with Crippen LogP contribution in [0.3, 0.4) is 0 Å². The third-order valence-corrected chi connectivity index (χ3v) is 3.83. The molecule has 1 aliphatic heterocycles. The van der Waals surface area contributed by atoms with Crippen LogP contribution in [-0.2, 0) is 0 Å². The molecule has 1 saturated heterocycles. The van der Waals surface area contributed by atoms with Crippen LogP contribution in [0.1, 0.15) is 22.3 Å². The number of nitrogens with zero attached hydrogens (tertiary/aromatic N) is 1. The first-order valence-corrected chi connectivity index (χ1v) is 6.66. The maximum Gasteiger partial charge on any atom is 0.254 e. The Kier molecular flexibility index (Phi) is 3.84. The van der Waals surface area contributed by atoms with E-state index in [1.54, 1.807) is 0 Å². The summed E-state index contributed by atoms with van der Waals surface area (Å²) in [4.78, 5) is 14.3. The van der Waals surface area contributed by atoms with E-state index < -0.39 is 0 Å². The highest BCUT2D eigenvalue weighted by atomic mass is 79.9. The summed E-state index contributed by atoms with van der Waals surface area (Å²) in [7, 11) is 0. The first kappa shape index (κ1) is 12.6. The van der Waals surface area contributed by atoms with Crippen LogP contribution in [-0.4, -0.2) is 30.4 Å². The molecule has 1 atom stereocenters. The molecule has 0 spiro atoms. The smallest absolute Gasteiger partial charge is 0.254 e. The Labute approximate surface area is 110 Å². The van der Waals surface area contributed by atoms with Crippen LogP contribution >= 0.6 is 15.9 Å². The summed E-state index contributed by atoms with van der Waals surface area (Å²) in [6.45, 7) is 4.26. The first-order chi connectivity index (χ1) is 8.11. The molecule has 1 aliphatic rings. The second-order valence-electron chi connectivity index (χ2n) is 4.60. The maximum absolute atomic E-state index is 12.3. The van der Waals surface area contributed by atoms with Gasteiger partial charge in [0.05, 0.1) is 0 Å². The zero-order valence-corrected chi connectivity index (χ0v) is 11.5. The van der Waals surface area contributed by atoms with Gasteiger partial charge in [0, 0.05) is 23.1 Å². The molecular weight excluding hydrogens is 280 g/mol. The normalized spacial score (nSPS) is 19.7. The van der Waals surface area contributed by atoms with Crippen molar-refractivity contribution in [3.05, 3.63) is 33.8 Å². The summed E-state index contributed by atoms with van der Waals surface area (Å²) in [6.07, 6.45) is 1.02. The van der Waals surface area contributed by atoms with Crippen molar-refractivity contribution < 1.29 is 4.79 Å². The van der Waals surface area contributed by atoms with Crippen molar-refractivity contribution in [2.24, 2.45) is 11.7 Å². The van der Waals surface area contributed by atoms with E-state index in [1.165, 1.54) is 0 Å². The van der Waals surface area contributed by atoms with Crippen LogP contribution in [0.15, 0.2) is 22.7 Å². The van der Waals surface area contributed by atoms with Crippen LogP contribution in [0.5, 0.6) is 0 Å². The molecule has 0 bridgehead atoms. The van der Waals surface area contributed by atoms with Crippen LogP contribution in [0.4, 0.5) is 0 Å². The van der Waals surface area contributed by atoms with Gasteiger partial charge in [0.2, 0.25) is 0 Å². The van der Waals surface area contributed by atoms with Gasteiger partial charge in [-0.15, -0.1) is 0 Å². The Morgan fingerprint density at radius 1 is 1.59 bits per heavy atom. The summed E-state index contributed by atoms with van der Waals surface area (Å²) >= 11 is 3.41. The topological polar surface area (TPSA) is 46.3 Å². The summed E-state index contributed by atoms with van der Waals surface area (Å²) in [5.74, 6) is 0.589. The van der Waals surface area contributed by atoms with Gasteiger partial charge < -0.3 is 10.6 Å². The molecule has 0 aromatic heterocycles. The van der Waals surface area contributed by atoms with Crippen LogP contribution in [0.2, 0.25) is 0 Å². The Bertz CT molecular complexity index is 433. The number of benzene rings is 1. The zero-order chi connectivity index (χ0) is 12.4. The molecule has 0 aliphatic carbocycles. The Hall–Kier alpha value is -0.870. The molecule has 2 rings (SSSR count).